The molecule has 1 heterocycles. The molecule has 2 fully saturated rings. The van der Waals surface area contributed by atoms with Crippen molar-refractivity contribution >= 4 is 33.5 Å². The molecule has 30 heavy (non-hydrogen) atoms. The Kier molecular flexibility index (Phi) is 7.42. The van der Waals surface area contributed by atoms with Crippen molar-refractivity contribution in [1.82, 2.24) is 9.62 Å². The number of nitrogens with one attached hydrogen (secondary N) is 1. The molecule has 1 saturated carbocycles. The summed E-state index contributed by atoms with van der Waals surface area (Å²) in [5, 5.41) is 2.92. The lowest BCUT2D eigenvalue weighted by Gasteiger charge is -2.35. The molecule has 0 unspecified atom stereocenters. The molecule has 1 amide bonds. The first-order valence-electron chi connectivity index (χ1n) is 10.6. The third kappa shape index (κ3) is 4.81. The van der Waals surface area contributed by atoms with Gasteiger partial charge in [0.1, 0.15) is 10.4 Å². The van der Waals surface area contributed by atoms with Gasteiger partial charge in [-0.2, -0.15) is 4.31 Å². The van der Waals surface area contributed by atoms with Gasteiger partial charge in [0.25, 0.3) is 5.91 Å². The highest BCUT2D eigenvalue weighted by atomic mass is 35.5. The largest absolute Gasteiger partial charge is 0.464 e. The average Bonchev–Trinajstić information content (AvgIpc) is 2.75. The quantitative estimate of drug-likeness (QED) is 0.661. The molecular formula is C21H29ClN2O5S. The highest BCUT2D eigenvalue weighted by Gasteiger charge is 2.42. The number of esters is 1. The van der Waals surface area contributed by atoms with E-state index in [-0.39, 0.29) is 22.1 Å². The summed E-state index contributed by atoms with van der Waals surface area (Å²) in [6.07, 6.45) is 6.24. The second-order valence-electron chi connectivity index (χ2n) is 7.93. The number of carbonyl (C=O) groups excluding carboxylic acids is 2. The molecule has 166 valence electrons. The summed E-state index contributed by atoms with van der Waals surface area (Å²) in [6.45, 7) is 2.85. The van der Waals surface area contributed by atoms with Crippen LogP contribution in [0.4, 0.5) is 0 Å². The van der Waals surface area contributed by atoms with E-state index in [1.807, 2.05) is 0 Å². The van der Waals surface area contributed by atoms with Gasteiger partial charge in [-0.1, -0.05) is 37.3 Å². The van der Waals surface area contributed by atoms with Crippen molar-refractivity contribution in [1.29, 1.82) is 0 Å². The first kappa shape index (κ1) is 23.0. The molecule has 0 bridgehead atoms. The minimum atomic E-state index is -3.79. The lowest BCUT2D eigenvalue weighted by Crippen LogP contribution is -2.56. The zero-order valence-electron chi connectivity index (χ0n) is 17.3. The Bertz CT molecular complexity index is 891. The first-order chi connectivity index (χ1) is 14.3. The molecule has 0 atom stereocenters. The van der Waals surface area contributed by atoms with E-state index in [9.17, 15) is 18.0 Å². The molecule has 1 aromatic rings. The minimum Gasteiger partial charge on any atom is -0.464 e. The van der Waals surface area contributed by atoms with Gasteiger partial charge in [0.15, 0.2) is 0 Å². The van der Waals surface area contributed by atoms with Crippen LogP contribution in [0.2, 0.25) is 5.02 Å². The highest BCUT2D eigenvalue weighted by Crippen LogP contribution is 2.31. The van der Waals surface area contributed by atoms with E-state index in [0.717, 1.165) is 38.5 Å². The van der Waals surface area contributed by atoms with E-state index in [0.29, 0.717) is 25.9 Å². The Balaban J connectivity index is 1.87. The number of benzene rings is 1. The topological polar surface area (TPSA) is 92.8 Å². The number of halogens is 1. The maximum Gasteiger partial charge on any atom is 0.331 e. The molecule has 1 N–H and O–H groups in total. The molecule has 1 aliphatic carbocycles. The second-order valence-corrected chi connectivity index (χ2v) is 10.2. The molecule has 2 aliphatic rings. The van der Waals surface area contributed by atoms with E-state index in [2.05, 4.69) is 5.32 Å². The summed E-state index contributed by atoms with van der Waals surface area (Å²) in [5.41, 5.74) is -0.916. The smallest absolute Gasteiger partial charge is 0.331 e. The average molecular weight is 457 g/mol. The number of hydrogen-bond donors (Lipinski definition) is 1. The summed E-state index contributed by atoms with van der Waals surface area (Å²) in [4.78, 5) is 25.6. The SMILES string of the molecule is CCOC(=O)C1(NC(=O)c2ccc(Cl)c(S(=O)(=O)N3CCCCC3)c2)CCCCC1. The van der Waals surface area contributed by atoms with Crippen molar-refractivity contribution in [3.8, 4) is 0 Å². The monoisotopic (exact) mass is 456 g/mol. The van der Waals surface area contributed by atoms with Crippen LogP contribution in [0.25, 0.3) is 0 Å². The number of hydrogen-bond acceptors (Lipinski definition) is 5. The van der Waals surface area contributed by atoms with Crippen LogP contribution >= 0.6 is 11.6 Å². The number of piperidine rings is 1. The minimum absolute atomic E-state index is 0.0763. The van der Waals surface area contributed by atoms with Crippen molar-refractivity contribution in [3.05, 3.63) is 28.8 Å². The maximum absolute atomic E-state index is 13.1. The van der Waals surface area contributed by atoms with Gasteiger partial charge in [-0.15, -0.1) is 0 Å². The molecule has 3 rings (SSSR count). The van der Waals surface area contributed by atoms with Gasteiger partial charge in [-0.3, -0.25) is 4.79 Å². The van der Waals surface area contributed by atoms with Crippen LogP contribution < -0.4 is 5.32 Å². The van der Waals surface area contributed by atoms with E-state index >= 15 is 0 Å². The van der Waals surface area contributed by atoms with Crippen LogP contribution in [-0.2, 0) is 19.6 Å². The fraction of sp³-hybridized carbons (Fsp3) is 0.619. The Labute approximate surface area is 183 Å². The van der Waals surface area contributed by atoms with E-state index in [1.165, 1.54) is 22.5 Å². The predicted molar refractivity (Wildman–Crippen MR) is 114 cm³/mol. The van der Waals surface area contributed by atoms with Gasteiger partial charge in [-0.05, 0) is 50.8 Å². The number of nitrogens with zero attached hydrogens (tertiary/aromatic N) is 1. The summed E-state index contributed by atoms with van der Waals surface area (Å²) in [7, 11) is -3.79. The van der Waals surface area contributed by atoms with Crippen LogP contribution in [0.15, 0.2) is 23.1 Å². The molecule has 9 heteroatoms. The number of sulfonamides is 1. The lowest BCUT2D eigenvalue weighted by atomic mass is 9.81. The molecule has 7 nitrogen and oxygen atoms in total. The van der Waals surface area contributed by atoms with E-state index < -0.39 is 27.4 Å². The molecule has 1 saturated heterocycles. The lowest BCUT2D eigenvalue weighted by molar-refractivity contribution is -0.152. The summed E-state index contributed by atoms with van der Waals surface area (Å²) in [6, 6.07) is 4.21. The van der Waals surface area contributed by atoms with E-state index in [4.69, 9.17) is 16.3 Å². The van der Waals surface area contributed by atoms with Gasteiger partial charge < -0.3 is 10.1 Å². The third-order valence-electron chi connectivity index (χ3n) is 5.85. The summed E-state index contributed by atoms with van der Waals surface area (Å²) >= 11 is 6.20. The zero-order chi connectivity index (χ0) is 21.8. The van der Waals surface area contributed by atoms with Crippen LogP contribution in [0.5, 0.6) is 0 Å². The third-order valence-corrected chi connectivity index (χ3v) is 8.23. The number of ether oxygens (including phenoxy) is 1. The molecule has 1 aromatic carbocycles. The van der Waals surface area contributed by atoms with Gasteiger partial charge >= 0.3 is 5.97 Å². The Morgan fingerprint density at radius 3 is 2.37 bits per heavy atom. The van der Waals surface area contributed by atoms with Crippen molar-refractivity contribution < 1.29 is 22.7 Å². The maximum atomic E-state index is 13.1. The normalized spacial score (nSPS) is 19.8. The van der Waals surface area contributed by atoms with Crippen LogP contribution in [0.1, 0.15) is 68.6 Å². The summed E-state index contributed by atoms with van der Waals surface area (Å²) in [5.74, 6) is -0.940. The molecule has 1 aliphatic heterocycles. The van der Waals surface area contributed by atoms with Crippen LogP contribution in [0, 0.1) is 0 Å². The van der Waals surface area contributed by atoms with Crippen molar-refractivity contribution in [2.75, 3.05) is 19.7 Å². The van der Waals surface area contributed by atoms with Gasteiger partial charge in [0.05, 0.1) is 11.6 Å². The van der Waals surface area contributed by atoms with Gasteiger partial charge in [0, 0.05) is 18.7 Å². The van der Waals surface area contributed by atoms with Crippen LogP contribution in [-0.4, -0.2) is 49.8 Å². The Morgan fingerprint density at radius 1 is 1.10 bits per heavy atom. The number of carbonyl (C=O) groups is 2. The highest BCUT2D eigenvalue weighted by molar-refractivity contribution is 7.89. The van der Waals surface area contributed by atoms with E-state index in [1.54, 1.807) is 6.92 Å². The first-order valence-corrected chi connectivity index (χ1v) is 12.4. The van der Waals surface area contributed by atoms with Crippen molar-refractivity contribution in [3.63, 3.8) is 0 Å². The standard InChI is InChI=1S/C21H29ClN2O5S/c1-2-29-20(26)21(11-5-3-6-12-21)23-19(25)16-9-10-17(22)18(15-16)30(27,28)24-13-7-4-8-14-24/h9-10,15H,2-8,11-14H2,1H3,(H,23,25). The second kappa shape index (κ2) is 9.66. The van der Waals surface area contributed by atoms with Crippen molar-refractivity contribution in [2.45, 2.75) is 68.7 Å². The van der Waals surface area contributed by atoms with Gasteiger partial charge in [-0.25, -0.2) is 13.2 Å². The Morgan fingerprint density at radius 2 is 1.73 bits per heavy atom. The Hall–Kier alpha value is -1.64. The van der Waals surface area contributed by atoms with Gasteiger partial charge in [0.2, 0.25) is 10.0 Å². The molecule has 0 radical (unpaired) electrons. The fourth-order valence-corrected chi connectivity index (χ4v) is 6.20. The molecule has 0 aromatic heterocycles. The predicted octanol–water partition coefficient (Wildman–Crippen LogP) is 3.51. The van der Waals surface area contributed by atoms with Crippen LogP contribution in [0.3, 0.4) is 0 Å². The fourth-order valence-electron chi connectivity index (χ4n) is 4.18. The summed E-state index contributed by atoms with van der Waals surface area (Å²) < 4.78 is 32.8. The van der Waals surface area contributed by atoms with Crippen molar-refractivity contribution in [2.24, 2.45) is 0 Å². The zero-order valence-corrected chi connectivity index (χ0v) is 18.9. The number of rotatable bonds is 6. The number of amides is 1. The molecular weight excluding hydrogens is 428 g/mol. The molecule has 0 spiro atoms.